The Bertz CT molecular complexity index is 1120. The third kappa shape index (κ3) is 5.53. The molecule has 11 nitrogen and oxygen atoms in total. The maximum absolute atomic E-state index is 10.9. The van der Waals surface area contributed by atoms with Crippen molar-refractivity contribution in [2.75, 3.05) is 41.9 Å². The molecule has 1 aliphatic heterocycles. The number of nitro groups is 1. The van der Waals surface area contributed by atoms with E-state index in [1.54, 1.807) is 18.3 Å². The summed E-state index contributed by atoms with van der Waals surface area (Å²) in [7, 11) is 0. The lowest BCUT2D eigenvalue weighted by atomic mass is 10.2. The molecule has 1 fully saturated rings. The SMILES string of the molecule is O=[N+]([O-])c1ccc(Nc2nc(N/N=C\c3ccccc3Br)nc(N3CCOCC3)n2)cc1. The Balaban J connectivity index is 1.57. The van der Waals surface area contributed by atoms with Gasteiger partial charge in [0.25, 0.3) is 5.69 Å². The number of anilines is 4. The van der Waals surface area contributed by atoms with Crippen molar-refractivity contribution >= 4 is 51.4 Å². The molecule has 2 aromatic carbocycles. The number of nitrogens with zero attached hydrogens (tertiary/aromatic N) is 6. The summed E-state index contributed by atoms with van der Waals surface area (Å²) in [5, 5.41) is 18.2. The van der Waals surface area contributed by atoms with Crippen LogP contribution in [0.1, 0.15) is 5.56 Å². The van der Waals surface area contributed by atoms with Crippen LogP contribution in [0.2, 0.25) is 0 Å². The summed E-state index contributed by atoms with van der Waals surface area (Å²) in [5.41, 5.74) is 4.36. The summed E-state index contributed by atoms with van der Waals surface area (Å²) in [5.74, 6) is 1.02. The van der Waals surface area contributed by atoms with Gasteiger partial charge in [0, 0.05) is 40.9 Å². The highest BCUT2D eigenvalue weighted by atomic mass is 79.9. The second-order valence-corrected chi connectivity index (χ2v) is 7.56. The van der Waals surface area contributed by atoms with E-state index in [-0.39, 0.29) is 17.6 Å². The van der Waals surface area contributed by atoms with Gasteiger partial charge >= 0.3 is 0 Å². The van der Waals surface area contributed by atoms with Crippen LogP contribution in [0, 0.1) is 10.1 Å². The monoisotopic (exact) mass is 498 g/mol. The molecule has 2 N–H and O–H groups in total. The van der Waals surface area contributed by atoms with Crippen molar-refractivity contribution < 1.29 is 9.66 Å². The molecule has 1 aliphatic rings. The van der Waals surface area contributed by atoms with Gasteiger partial charge in [0.2, 0.25) is 17.8 Å². The van der Waals surface area contributed by atoms with Crippen molar-refractivity contribution in [1.82, 2.24) is 15.0 Å². The molecule has 0 atom stereocenters. The van der Waals surface area contributed by atoms with E-state index in [1.165, 1.54) is 12.1 Å². The van der Waals surface area contributed by atoms with Gasteiger partial charge in [0.15, 0.2) is 0 Å². The van der Waals surface area contributed by atoms with Crippen LogP contribution in [0.3, 0.4) is 0 Å². The largest absolute Gasteiger partial charge is 0.378 e. The fourth-order valence-electron chi connectivity index (χ4n) is 2.91. The van der Waals surface area contributed by atoms with Crippen LogP contribution in [0.25, 0.3) is 0 Å². The Morgan fingerprint density at radius 3 is 2.50 bits per heavy atom. The van der Waals surface area contributed by atoms with Gasteiger partial charge in [0.05, 0.1) is 24.4 Å². The number of hydrogen-bond donors (Lipinski definition) is 2. The lowest BCUT2D eigenvalue weighted by Crippen LogP contribution is -2.37. The molecular weight excluding hydrogens is 480 g/mol. The molecule has 12 heteroatoms. The van der Waals surface area contributed by atoms with Crippen molar-refractivity contribution in [3.63, 3.8) is 0 Å². The zero-order valence-corrected chi connectivity index (χ0v) is 18.4. The predicted molar refractivity (Wildman–Crippen MR) is 125 cm³/mol. The Morgan fingerprint density at radius 2 is 1.78 bits per heavy atom. The van der Waals surface area contributed by atoms with Gasteiger partial charge in [-0.15, -0.1) is 0 Å². The van der Waals surface area contributed by atoms with Gasteiger partial charge in [-0.05, 0) is 18.2 Å². The average molecular weight is 499 g/mol. The van der Waals surface area contributed by atoms with E-state index in [4.69, 9.17) is 4.74 Å². The van der Waals surface area contributed by atoms with E-state index in [1.807, 2.05) is 29.2 Å². The molecule has 0 saturated carbocycles. The molecule has 0 unspecified atom stereocenters. The number of benzene rings is 2. The topological polar surface area (TPSA) is 131 Å². The van der Waals surface area contributed by atoms with Crippen molar-refractivity contribution in [1.29, 1.82) is 0 Å². The maximum Gasteiger partial charge on any atom is 0.269 e. The van der Waals surface area contributed by atoms with Crippen LogP contribution in [0.5, 0.6) is 0 Å². The second kappa shape index (κ2) is 10.1. The minimum atomic E-state index is -0.450. The fraction of sp³-hybridized carbons (Fsp3) is 0.200. The van der Waals surface area contributed by atoms with E-state index in [0.717, 1.165) is 10.0 Å². The van der Waals surface area contributed by atoms with Crippen LogP contribution in [-0.4, -0.2) is 52.4 Å². The molecule has 32 heavy (non-hydrogen) atoms. The fourth-order valence-corrected chi connectivity index (χ4v) is 3.30. The molecular formula is C20H19BrN8O3. The van der Waals surface area contributed by atoms with Crippen LogP contribution in [-0.2, 0) is 4.74 Å². The standard InChI is InChI=1S/C20H19BrN8O3/c21-17-4-2-1-3-14(17)13-22-27-19-24-18(23-15-5-7-16(8-6-15)29(30)31)25-20(26-19)28-9-11-32-12-10-28/h1-8,13H,9-12H2,(H2,23,24,25,26,27)/b22-13-. The van der Waals surface area contributed by atoms with E-state index in [9.17, 15) is 10.1 Å². The second-order valence-electron chi connectivity index (χ2n) is 6.70. The molecule has 2 heterocycles. The first kappa shape index (κ1) is 21.6. The Kier molecular flexibility index (Phi) is 6.82. The highest BCUT2D eigenvalue weighted by molar-refractivity contribution is 9.10. The zero-order valence-electron chi connectivity index (χ0n) is 16.8. The molecule has 164 valence electrons. The Morgan fingerprint density at radius 1 is 1.06 bits per heavy atom. The minimum absolute atomic E-state index is 0.00367. The number of morpholine rings is 1. The first-order valence-corrected chi connectivity index (χ1v) is 10.5. The summed E-state index contributed by atoms with van der Waals surface area (Å²) in [6.45, 7) is 2.47. The van der Waals surface area contributed by atoms with Gasteiger partial charge < -0.3 is 15.0 Å². The molecule has 1 saturated heterocycles. The first-order valence-electron chi connectivity index (χ1n) is 9.72. The number of halogens is 1. The van der Waals surface area contributed by atoms with Gasteiger partial charge in [0.1, 0.15) is 0 Å². The third-order valence-corrected chi connectivity index (χ3v) is 5.25. The highest BCUT2D eigenvalue weighted by Crippen LogP contribution is 2.21. The number of nitro benzene ring substituents is 1. The lowest BCUT2D eigenvalue weighted by Gasteiger charge is -2.27. The van der Waals surface area contributed by atoms with E-state index in [2.05, 4.69) is 46.7 Å². The molecule has 1 aromatic heterocycles. The summed E-state index contributed by atoms with van der Waals surface area (Å²) >= 11 is 3.48. The summed E-state index contributed by atoms with van der Waals surface area (Å²) in [6, 6.07) is 13.7. The minimum Gasteiger partial charge on any atom is -0.378 e. The number of rotatable bonds is 7. The smallest absolute Gasteiger partial charge is 0.269 e. The van der Waals surface area contributed by atoms with Crippen molar-refractivity contribution in [3.8, 4) is 0 Å². The van der Waals surface area contributed by atoms with E-state index < -0.39 is 4.92 Å². The van der Waals surface area contributed by atoms with Gasteiger partial charge in [-0.1, -0.05) is 34.1 Å². The molecule has 0 amide bonds. The number of non-ortho nitro benzene ring substituents is 1. The van der Waals surface area contributed by atoms with Crippen molar-refractivity contribution in [2.45, 2.75) is 0 Å². The lowest BCUT2D eigenvalue weighted by molar-refractivity contribution is -0.384. The highest BCUT2D eigenvalue weighted by Gasteiger charge is 2.17. The van der Waals surface area contributed by atoms with Crippen molar-refractivity contribution in [3.05, 3.63) is 68.7 Å². The van der Waals surface area contributed by atoms with Gasteiger partial charge in [-0.3, -0.25) is 10.1 Å². The van der Waals surface area contributed by atoms with Crippen LogP contribution < -0.4 is 15.6 Å². The number of hydrogen-bond acceptors (Lipinski definition) is 10. The van der Waals surface area contributed by atoms with Crippen LogP contribution >= 0.6 is 15.9 Å². The normalized spacial score (nSPS) is 13.8. The third-order valence-electron chi connectivity index (χ3n) is 4.53. The maximum atomic E-state index is 10.9. The number of nitrogens with one attached hydrogen (secondary N) is 2. The van der Waals surface area contributed by atoms with Crippen LogP contribution in [0.15, 0.2) is 58.1 Å². The Labute approximate surface area is 191 Å². The van der Waals surface area contributed by atoms with E-state index in [0.29, 0.717) is 37.9 Å². The summed E-state index contributed by atoms with van der Waals surface area (Å²) < 4.78 is 6.32. The van der Waals surface area contributed by atoms with Crippen molar-refractivity contribution in [2.24, 2.45) is 5.10 Å². The van der Waals surface area contributed by atoms with Gasteiger partial charge in [-0.25, -0.2) is 5.43 Å². The number of ether oxygens (including phenoxy) is 1. The zero-order chi connectivity index (χ0) is 22.3. The van der Waals surface area contributed by atoms with E-state index >= 15 is 0 Å². The molecule has 0 spiro atoms. The predicted octanol–water partition coefficient (Wildman–Crippen LogP) is 3.57. The summed E-state index contributed by atoms with van der Waals surface area (Å²) in [4.78, 5) is 25.8. The molecule has 0 bridgehead atoms. The number of hydrazone groups is 1. The van der Waals surface area contributed by atoms with Gasteiger partial charge in [-0.2, -0.15) is 20.1 Å². The Hall–Kier alpha value is -3.64. The first-order chi connectivity index (χ1) is 15.6. The average Bonchev–Trinajstić information content (AvgIpc) is 2.81. The molecule has 0 radical (unpaired) electrons. The molecule has 0 aliphatic carbocycles. The molecule has 4 rings (SSSR count). The number of aromatic nitrogens is 3. The molecule has 3 aromatic rings. The van der Waals surface area contributed by atoms with Crippen LogP contribution in [0.4, 0.5) is 29.2 Å². The summed E-state index contributed by atoms with van der Waals surface area (Å²) in [6.07, 6.45) is 1.66. The quantitative estimate of drug-likeness (QED) is 0.285.